The number of nitrogens with one attached hydrogen (secondary N) is 1. The highest BCUT2D eigenvalue weighted by Crippen LogP contribution is 2.14. The molecule has 0 amide bonds. The summed E-state index contributed by atoms with van der Waals surface area (Å²) >= 11 is 1.84. The molecule has 0 radical (unpaired) electrons. The zero-order chi connectivity index (χ0) is 15.1. The van der Waals surface area contributed by atoms with Gasteiger partial charge in [-0.1, -0.05) is 18.2 Å². The summed E-state index contributed by atoms with van der Waals surface area (Å²) in [7, 11) is 1.70. The van der Waals surface area contributed by atoms with Crippen LogP contribution in [0.25, 0.3) is 0 Å². The molecule has 1 heterocycles. The van der Waals surface area contributed by atoms with E-state index in [1.807, 2.05) is 23.5 Å². The van der Waals surface area contributed by atoms with Gasteiger partial charge in [-0.3, -0.25) is 0 Å². The van der Waals surface area contributed by atoms with Gasteiger partial charge in [0, 0.05) is 17.0 Å². The Balaban J connectivity index is 1.72. The first-order valence-electron chi connectivity index (χ1n) is 7.58. The first-order chi connectivity index (χ1) is 10.2. The van der Waals surface area contributed by atoms with Crippen molar-refractivity contribution in [3.63, 3.8) is 0 Å². The van der Waals surface area contributed by atoms with E-state index in [1.165, 1.54) is 10.4 Å². The Kier molecular flexibility index (Phi) is 6.27. The second kappa shape index (κ2) is 8.20. The van der Waals surface area contributed by atoms with Gasteiger partial charge in [0.05, 0.1) is 7.11 Å². The molecular formula is C18H25NOS. The van der Waals surface area contributed by atoms with E-state index in [1.54, 1.807) is 7.11 Å². The smallest absolute Gasteiger partial charge is 0.118 e. The number of ether oxygens (including phenoxy) is 1. The fraction of sp³-hybridized carbons (Fsp3) is 0.444. The highest BCUT2D eigenvalue weighted by atomic mass is 32.1. The van der Waals surface area contributed by atoms with Crippen molar-refractivity contribution in [2.75, 3.05) is 7.11 Å². The van der Waals surface area contributed by atoms with E-state index in [4.69, 9.17) is 4.74 Å². The van der Waals surface area contributed by atoms with Gasteiger partial charge in [0.1, 0.15) is 5.75 Å². The summed E-state index contributed by atoms with van der Waals surface area (Å²) in [6.07, 6.45) is 3.37. The molecule has 2 unspecified atom stereocenters. The summed E-state index contributed by atoms with van der Waals surface area (Å²) < 4.78 is 5.19. The molecule has 0 bridgehead atoms. The number of hydrogen-bond donors (Lipinski definition) is 1. The molecule has 1 aromatic heterocycles. The molecule has 0 aliphatic carbocycles. The first kappa shape index (κ1) is 16.1. The maximum Gasteiger partial charge on any atom is 0.118 e. The Morgan fingerprint density at radius 3 is 2.48 bits per heavy atom. The van der Waals surface area contributed by atoms with E-state index in [9.17, 15) is 0 Å². The van der Waals surface area contributed by atoms with Gasteiger partial charge < -0.3 is 10.1 Å². The lowest BCUT2D eigenvalue weighted by atomic mass is 10.0. The third-order valence-electron chi connectivity index (χ3n) is 3.68. The van der Waals surface area contributed by atoms with Gasteiger partial charge in [0.2, 0.25) is 0 Å². The van der Waals surface area contributed by atoms with Crippen LogP contribution in [0.4, 0.5) is 0 Å². The minimum Gasteiger partial charge on any atom is -0.497 e. The molecule has 1 aromatic carbocycles. The maximum absolute atomic E-state index is 5.19. The van der Waals surface area contributed by atoms with Gasteiger partial charge in [-0.15, -0.1) is 11.3 Å². The van der Waals surface area contributed by atoms with Crippen molar-refractivity contribution in [1.82, 2.24) is 5.32 Å². The third-order valence-corrected chi connectivity index (χ3v) is 4.58. The van der Waals surface area contributed by atoms with Crippen molar-refractivity contribution in [1.29, 1.82) is 0 Å². The van der Waals surface area contributed by atoms with E-state index < -0.39 is 0 Å². The van der Waals surface area contributed by atoms with Crippen molar-refractivity contribution in [3.8, 4) is 5.75 Å². The van der Waals surface area contributed by atoms with Crippen LogP contribution in [-0.4, -0.2) is 19.2 Å². The van der Waals surface area contributed by atoms with Gasteiger partial charge in [-0.25, -0.2) is 0 Å². The molecule has 0 spiro atoms. The topological polar surface area (TPSA) is 21.3 Å². The van der Waals surface area contributed by atoms with Crippen LogP contribution in [-0.2, 0) is 12.8 Å². The van der Waals surface area contributed by atoms with Gasteiger partial charge in [-0.05, 0) is 62.3 Å². The van der Waals surface area contributed by atoms with Gasteiger partial charge in [-0.2, -0.15) is 0 Å². The number of hydrogen-bond acceptors (Lipinski definition) is 3. The highest BCUT2D eigenvalue weighted by molar-refractivity contribution is 7.09. The molecule has 2 atom stereocenters. The first-order valence-corrected chi connectivity index (χ1v) is 8.46. The van der Waals surface area contributed by atoms with Crippen LogP contribution in [0.15, 0.2) is 41.8 Å². The van der Waals surface area contributed by atoms with Gasteiger partial charge in [0.15, 0.2) is 0 Å². The normalized spacial score (nSPS) is 13.9. The zero-order valence-electron chi connectivity index (χ0n) is 13.1. The summed E-state index contributed by atoms with van der Waals surface area (Å²) in [6.45, 7) is 4.54. The molecule has 2 aromatic rings. The number of rotatable bonds is 8. The fourth-order valence-corrected chi connectivity index (χ4v) is 3.37. The predicted octanol–water partition coefficient (Wildman–Crippen LogP) is 4.30. The Morgan fingerprint density at radius 2 is 1.86 bits per heavy atom. The number of methoxy groups -OCH3 is 1. The van der Waals surface area contributed by atoms with Crippen molar-refractivity contribution < 1.29 is 4.74 Å². The Bertz CT molecular complexity index is 507. The van der Waals surface area contributed by atoms with Crippen molar-refractivity contribution >= 4 is 11.3 Å². The van der Waals surface area contributed by atoms with Crippen LogP contribution in [0.2, 0.25) is 0 Å². The SMILES string of the molecule is COc1ccc(CCC(C)NC(C)Cc2cccs2)cc1. The summed E-state index contributed by atoms with van der Waals surface area (Å²) in [6, 6.07) is 13.8. The standard InChI is InChI=1S/C18H25NOS/c1-14(19-15(2)13-18-5-4-12-21-18)6-7-16-8-10-17(20-3)11-9-16/h4-5,8-12,14-15,19H,6-7,13H2,1-3H3. The lowest BCUT2D eigenvalue weighted by molar-refractivity contribution is 0.414. The Labute approximate surface area is 132 Å². The second-order valence-electron chi connectivity index (χ2n) is 5.64. The van der Waals surface area contributed by atoms with Gasteiger partial charge in [0.25, 0.3) is 0 Å². The fourth-order valence-electron chi connectivity index (χ4n) is 2.53. The van der Waals surface area contributed by atoms with Crippen molar-refractivity contribution in [2.24, 2.45) is 0 Å². The van der Waals surface area contributed by atoms with Crippen LogP contribution in [0.1, 0.15) is 30.7 Å². The Morgan fingerprint density at radius 1 is 1.10 bits per heavy atom. The zero-order valence-corrected chi connectivity index (χ0v) is 14.0. The maximum atomic E-state index is 5.19. The van der Waals surface area contributed by atoms with E-state index in [-0.39, 0.29) is 0 Å². The molecule has 0 saturated heterocycles. The molecule has 0 aliphatic heterocycles. The molecule has 114 valence electrons. The van der Waals surface area contributed by atoms with E-state index in [2.05, 4.69) is 48.8 Å². The molecule has 2 rings (SSSR count). The quantitative estimate of drug-likeness (QED) is 0.785. The summed E-state index contributed by atoms with van der Waals surface area (Å²) in [5.74, 6) is 0.925. The molecular weight excluding hydrogens is 278 g/mol. The average molecular weight is 303 g/mol. The lowest BCUT2D eigenvalue weighted by Gasteiger charge is -2.19. The molecule has 0 fully saturated rings. The predicted molar refractivity (Wildman–Crippen MR) is 91.4 cm³/mol. The molecule has 21 heavy (non-hydrogen) atoms. The van der Waals surface area contributed by atoms with Crippen LogP contribution in [0.5, 0.6) is 5.75 Å². The summed E-state index contributed by atoms with van der Waals surface area (Å²) in [4.78, 5) is 1.46. The minimum atomic E-state index is 0.523. The molecule has 0 saturated carbocycles. The number of thiophene rings is 1. The summed E-state index contributed by atoms with van der Waals surface area (Å²) in [5, 5.41) is 5.84. The van der Waals surface area contributed by atoms with E-state index >= 15 is 0 Å². The number of benzene rings is 1. The largest absolute Gasteiger partial charge is 0.497 e. The monoisotopic (exact) mass is 303 g/mol. The average Bonchev–Trinajstić information content (AvgIpc) is 2.98. The Hall–Kier alpha value is -1.32. The minimum absolute atomic E-state index is 0.523. The van der Waals surface area contributed by atoms with Gasteiger partial charge >= 0.3 is 0 Å². The van der Waals surface area contributed by atoms with E-state index in [0.717, 1.165) is 25.0 Å². The third kappa shape index (κ3) is 5.52. The van der Waals surface area contributed by atoms with Crippen molar-refractivity contribution in [2.45, 2.75) is 45.2 Å². The molecule has 3 heteroatoms. The highest BCUT2D eigenvalue weighted by Gasteiger charge is 2.09. The van der Waals surface area contributed by atoms with Crippen LogP contribution in [0.3, 0.4) is 0 Å². The van der Waals surface area contributed by atoms with Crippen LogP contribution >= 0.6 is 11.3 Å². The number of aryl methyl sites for hydroxylation is 1. The molecule has 2 nitrogen and oxygen atoms in total. The van der Waals surface area contributed by atoms with Crippen LogP contribution in [0, 0.1) is 0 Å². The molecule has 0 aliphatic rings. The second-order valence-corrected chi connectivity index (χ2v) is 6.67. The van der Waals surface area contributed by atoms with E-state index in [0.29, 0.717) is 12.1 Å². The summed E-state index contributed by atoms with van der Waals surface area (Å²) in [5.41, 5.74) is 1.37. The lowest BCUT2D eigenvalue weighted by Crippen LogP contribution is -2.36. The van der Waals surface area contributed by atoms with Crippen LogP contribution < -0.4 is 10.1 Å². The van der Waals surface area contributed by atoms with Crippen molar-refractivity contribution in [3.05, 3.63) is 52.2 Å². The molecule has 1 N–H and O–H groups in total.